The third-order valence-electron chi connectivity index (χ3n) is 4.17. The first kappa shape index (κ1) is 20.0. The first-order chi connectivity index (χ1) is 12.4. The highest BCUT2D eigenvalue weighted by Crippen LogP contribution is 2.13. The maximum absolute atomic E-state index is 12.2. The van der Waals surface area contributed by atoms with Crippen molar-refractivity contribution in [3.63, 3.8) is 0 Å². The summed E-state index contributed by atoms with van der Waals surface area (Å²) in [6, 6.07) is 16.7. The minimum absolute atomic E-state index is 0.0231. The fraction of sp³-hybridized carbons (Fsp3) is 0.350. The van der Waals surface area contributed by atoms with Gasteiger partial charge in [-0.15, -0.1) is 0 Å². The summed E-state index contributed by atoms with van der Waals surface area (Å²) in [5, 5.41) is 2.79. The van der Waals surface area contributed by atoms with Crippen molar-refractivity contribution < 1.29 is 13.2 Å². The van der Waals surface area contributed by atoms with Crippen LogP contribution in [-0.4, -0.2) is 40.2 Å². The maximum atomic E-state index is 12.2. The van der Waals surface area contributed by atoms with E-state index in [-0.39, 0.29) is 23.0 Å². The lowest BCUT2D eigenvalue weighted by atomic mass is 10.2. The van der Waals surface area contributed by atoms with Crippen LogP contribution in [0.4, 0.5) is 5.69 Å². The number of carbonyl (C=O) groups is 1. The minimum atomic E-state index is -3.42. The molecule has 2 aromatic rings. The summed E-state index contributed by atoms with van der Waals surface area (Å²) >= 11 is 0. The largest absolute Gasteiger partial charge is 0.375 e. The zero-order chi connectivity index (χ0) is 19.0. The number of rotatable bonds is 9. The van der Waals surface area contributed by atoms with Crippen molar-refractivity contribution in [3.8, 4) is 0 Å². The Hall–Kier alpha value is -2.34. The molecule has 0 heterocycles. The van der Waals surface area contributed by atoms with E-state index < -0.39 is 9.84 Å². The first-order valence-corrected chi connectivity index (χ1v) is 10.4. The molecule has 0 atom stereocenters. The molecular formula is C20H26N2O3S. The van der Waals surface area contributed by atoms with E-state index in [0.29, 0.717) is 6.54 Å². The molecule has 0 saturated heterocycles. The Morgan fingerprint density at radius 2 is 1.69 bits per heavy atom. The molecule has 2 aromatic carbocycles. The van der Waals surface area contributed by atoms with E-state index in [0.717, 1.165) is 24.2 Å². The number of aryl methyl sites for hydroxylation is 1. The van der Waals surface area contributed by atoms with E-state index in [2.05, 4.69) is 10.2 Å². The normalized spacial score (nSPS) is 11.2. The van der Waals surface area contributed by atoms with E-state index in [1.54, 1.807) is 24.3 Å². The molecule has 6 heteroatoms. The van der Waals surface area contributed by atoms with Crippen LogP contribution < -0.4 is 10.2 Å². The van der Waals surface area contributed by atoms with Crippen LogP contribution in [0.5, 0.6) is 0 Å². The molecule has 140 valence electrons. The molecule has 0 aliphatic carbocycles. The lowest BCUT2D eigenvalue weighted by molar-refractivity contribution is -0.120. The van der Waals surface area contributed by atoms with Crippen LogP contribution >= 0.6 is 0 Å². The molecule has 0 saturated carbocycles. The van der Waals surface area contributed by atoms with E-state index in [9.17, 15) is 13.2 Å². The zero-order valence-corrected chi connectivity index (χ0v) is 16.1. The van der Waals surface area contributed by atoms with Gasteiger partial charge in [-0.05, 0) is 37.6 Å². The van der Waals surface area contributed by atoms with Crippen molar-refractivity contribution in [3.05, 3.63) is 60.2 Å². The first-order valence-electron chi connectivity index (χ1n) is 8.71. The Bertz CT molecular complexity index is 803. The highest BCUT2D eigenvalue weighted by molar-refractivity contribution is 7.91. The van der Waals surface area contributed by atoms with Gasteiger partial charge < -0.3 is 10.2 Å². The minimum Gasteiger partial charge on any atom is -0.375 e. The van der Waals surface area contributed by atoms with Gasteiger partial charge in [-0.3, -0.25) is 4.79 Å². The van der Waals surface area contributed by atoms with Gasteiger partial charge in [0.25, 0.3) is 0 Å². The summed E-state index contributed by atoms with van der Waals surface area (Å²) in [5.41, 5.74) is 2.13. The van der Waals surface area contributed by atoms with Crippen molar-refractivity contribution in [2.75, 3.05) is 30.8 Å². The van der Waals surface area contributed by atoms with Gasteiger partial charge in [0.1, 0.15) is 0 Å². The van der Waals surface area contributed by atoms with Gasteiger partial charge in [0, 0.05) is 32.2 Å². The van der Waals surface area contributed by atoms with Crippen molar-refractivity contribution >= 4 is 21.4 Å². The zero-order valence-electron chi connectivity index (χ0n) is 15.3. The Morgan fingerprint density at radius 3 is 2.35 bits per heavy atom. The predicted octanol–water partition coefficient (Wildman–Crippen LogP) is 2.80. The van der Waals surface area contributed by atoms with Crippen LogP contribution in [0.2, 0.25) is 0 Å². The number of hydrogen-bond donors (Lipinski definition) is 1. The van der Waals surface area contributed by atoms with E-state index in [4.69, 9.17) is 0 Å². The molecule has 0 aromatic heterocycles. The Morgan fingerprint density at radius 1 is 1.04 bits per heavy atom. The standard InChI is InChI=1S/C20H26N2O3S/c1-17-9-11-19(12-10-17)26(24,25)16-13-20(23)21-14-6-15-22(2)18-7-4-3-5-8-18/h3-5,7-12H,6,13-16H2,1-2H3,(H,21,23). The molecule has 0 spiro atoms. The molecule has 0 unspecified atom stereocenters. The second-order valence-corrected chi connectivity index (χ2v) is 8.45. The van der Waals surface area contributed by atoms with Gasteiger partial charge in [-0.1, -0.05) is 35.9 Å². The number of benzene rings is 2. The lowest BCUT2D eigenvalue weighted by Gasteiger charge is -2.19. The summed E-state index contributed by atoms with van der Waals surface area (Å²) < 4.78 is 24.5. The summed E-state index contributed by atoms with van der Waals surface area (Å²) in [6.07, 6.45) is 0.770. The van der Waals surface area contributed by atoms with Crippen molar-refractivity contribution in [1.82, 2.24) is 5.32 Å². The van der Waals surface area contributed by atoms with E-state index >= 15 is 0 Å². The molecular weight excluding hydrogens is 348 g/mol. The highest BCUT2D eigenvalue weighted by atomic mass is 32.2. The molecule has 0 bridgehead atoms. The number of carbonyl (C=O) groups excluding carboxylic acids is 1. The molecule has 2 rings (SSSR count). The Labute approximate surface area is 156 Å². The van der Waals surface area contributed by atoms with Crippen LogP contribution in [0.1, 0.15) is 18.4 Å². The molecule has 1 amide bonds. The molecule has 26 heavy (non-hydrogen) atoms. The third kappa shape index (κ3) is 6.19. The van der Waals surface area contributed by atoms with Gasteiger partial charge in [0.2, 0.25) is 5.91 Å². The number of amides is 1. The van der Waals surface area contributed by atoms with Crippen molar-refractivity contribution in [1.29, 1.82) is 0 Å². The second-order valence-electron chi connectivity index (χ2n) is 6.34. The average Bonchev–Trinajstić information content (AvgIpc) is 2.64. The van der Waals surface area contributed by atoms with Crippen LogP contribution in [0.25, 0.3) is 0 Å². The molecule has 0 aliphatic heterocycles. The molecule has 0 aliphatic rings. The second kappa shape index (κ2) is 9.38. The van der Waals surface area contributed by atoms with E-state index in [1.807, 2.05) is 44.3 Å². The van der Waals surface area contributed by atoms with Gasteiger partial charge in [-0.2, -0.15) is 0 Å². The van der Waals surface area contributed by atoms with Crippen LogP contribution in [0, 0.1) is 6.92 Å². The van der Waals surface area contributed by atoms with Gasteiger partial charge in [0.15, 0.2) is 9.84 Å². The molecule has 0 fully saturated rings. The quantitative estimate of drug-likeness (QED) is 0.686. The van der Waals surface area contributed by atoms with Gasteiger partial charge >= 0.3 is 0 Å². The monoisotopic (exact) mass is 374 g/mol. The molecule has 5 nitrogen and oxygen atoms in total. The number of nitrogens with zero attached hydrogens (tertiary/aromatic N) is 1. The fourth-order valence-corrected chi connectivity index (χ4v) is 3.78. The number of sulfone groups is 1. The average molecular weight is 375 g/mol. The van der Waals surface area contributed by atoms with Crippen LogP contribution in [-0.2, 0) is 14.6 Å². The number of anilines is 1. The van der Waals surface area contributed by atoms with E-state index in [1.165, 1.54) is 0 Å². The molecule has 0 radical (unpaired) electrons. The summed E-state index contributed by atoms with van der Waals surface area (Å²) in [4.78, 5) is 14.3. The van der Waals surface area contributed by atoms with Gasteiger partial charge in [-0.25, -0.2) is 8.42 Å². The lowest BCUT2D eigenvalue weighted by Crippen LogP contribution is -2.29. The maximum Gasteiger partial charge on any atom is 0.221 e. The number of para-hydroxylation sites is 1. The predicted molar refractivity (Wildman–Crippen MR) is 105 cm³/mol. The topological polar surface area (TPSA) is 66.5 Å². The third-order valence-corrected chi connectivity index (χ3v) is 5.90. The summed E-state index contributed by atoms with van der Waals surface area (Å²) in [7, 11) is -1.42. The fourth-order valence-electron chi connectivity index (χ4n) is 2.53. The van der Waals surface area contributed by atoms with Crippen LogP contribution in [0.15, 0.2) is 59.5 Å². The SMILES string of the molecule is Cc1ccc(S(=O)(=O)CCC(=O)NCCCN(C)c2ccccc2)cc1. The highest BCUT2D eigenvalue weighted by Gasteiger charge is 2.16. The smallest absolute Gasteiger partial charge is 0.221 e. The van der Waals surface area contributed by atoms with Gasteiger partial charge in [0.05, 0.1) is 10.6 Å². The molecule has 1 N–H and O–H groups in total. The van der Waals surface area contributed by atoms with Crippen molar-refractivity contribution in [2.24, 2.45) is 0 Å². The number of hydrogen-bond acceptors (Lipinski definition) is 4. The summed E-state index contributed by atoms with van der Waals surface area (Å²) in [5.74, 6) is -0.408. The van der Waals surface area contributed by atoms with Crippen molar-refractivity contribution in [2.45, 2.75) is 24.7 Å². The number of nitrogens with one attached hydrogen (secondary N) is 1. The Balaban J connectivity index is 1.69. The van der Waals surface area contributed by atoms with Crippen LogP contribution in [0.3, 0.4) is 0 Å². The summed E-state index contributed by atoms with van der Waals surface area (Å²) in [6.45, 7) is 3.24. The Kier molecular flexibility index (Phi) is 7.21.